The number of carbonyl (C=O) groups is 1. The van der Waals surface area contributed by atoms with Crippen LogP contribution in [0, 0.1) is 5.92 Å². The molecule has 2 atom stereocenters. The first-order valence-corrected chi connectivity index (χ1v) is 9.34. The molecule has 1 amide bonds. The van der Waals surface area contributed by atoms with Crippen LogP contribution in [0.5, 0.6) is 11.5 Å². The van der Waals surface area contributed by atoms with Gasteiger partial charge in [0.05, 0.1) is 11.6 Å². The highest BCUT2D eigenvalue weighted by Crippen LogP contribution is 2.39. The third-order valence-electron chi connectivity index (χ3n) is 4.54. The van der Waals surface area contributed by atoms with Gasteiger partial charge in [0, 0.05) is 16.6 Å². The van der Waals surface area contributed by atoms with Gasteiger partial charge in [-0.15, -0.1) is 0 Å². The molecular formula is C20H22BrNO3. The van der Waals surface area contributed by atoms with Crippen molar-refractivity contribution in [3.63, 3.8) is 0 Å². The molecule has 1 aliphatic heterocycles. The molecule has 0 unspecified atom stereocenters. The Morgan fingerprint density at radius 3 is 2.44 bits per heavy atom. The summed E-state index contributed by atoms with van der Waals surface area (Å²) < 4.78 is 12.0. The first-order valence-electron chi connectivity index (χ1n) is 8.55. The molecule has 1 N–H and O–H groups in total. The summed E-state index contributed by atoms with van der Waals surface area (Å²) in [4.78, 5) is 13.0. The minimum Gasteiger partial charge on any atom is -0.486 e. The fourth-order valence-electron chi connectivity index (χ4n) is 3.00. The highest BCUT2D eigenvalue weighted by atomic mass is 79.9. The van der Waals surface area contributed by atoms with Gasteiger partial charge in [0.2, 0.25) is 5.91 Å². The Bertz CT molecular complexity index is 748. The van der Waals surface area contributed by atoms with E-state index < -0.39 is 0 Å². The normalized spacial score (nSPS) is 15.3. The van der Waals surface area contributed by atoms with Gasteiger partial charge in [0.15, 0.2) is 11.5 Å². The van der Waals surface area contributed by atoms with Gasteiger partial charge in [0.25, 0.3) is 0 Å². The number of amides is 1. The monoisotopic (exact) mass is 403 g/mol. The van der Waals surface area contributed by atoms with Gasteiger partial charge in [-0.3, -0.25) is 4.79 Å². The second-order valence-corrected chi connectivity index (χ2v) is 7.09. The number of hydrogen-bond acceptors (Lipinski definition) is 3. The quantitative estimate of drug-likeness (QED) is 0.764. The minimum absolute atomic E-state index is 0.0158. The van der Waals surface area contributed by atoms with E-state index in [-0.39, 0.29) is 17.7 Å². The SMILES string of the molecule is CC[C@@H](C)[C@H](C(=O)Nc1cc2c(cc1Br)OCCO2)c1ccccc1. The van der Waals surface area contributed by atoms with Crippen LogP contribution < -0.4 is 14.8 Å². The number of carbonyl (C=O) groups excluding carboxylic acids is 1. The van der Waals surface area contributed by atoms with Crippen LogP contribution in [0.3, 0.4) is 0 Å². The summed E-state index contributed by atoms with van der Waals surface area (Å²) in [6, 6.07) is 13.6. The number of rotatable bonds is 5. The van der Waals surface area contributed by atoms with E-state index in [0.29, 0.717) is 30.4 Å². The summed E-state index contributed by atoms with van der Waals surface area (Å²) in [6.45, 7) is 5.26. The molecular weight excluding hydrogens is 382 g/mol. The molecule has 5 heteroatoms. The van der Waals surface area contributed by atoms with E-state index in [9.17, 15) is 4.79 Å². The van der Waals surface area contributed by atoms with Crippen molar-refractivity contribution in [2.75, 3.05) is 18.5 Å². The van der Waals surface area contributed by atoms with E-state index in [1.54, 1.807) is 0 Å². The number of nitrogens with one attached hydrogen (secondary N) is 1. The highest BCUT2D eigenvalue weighted by molar-refractivity contribution is 9.10. The predicted molar refractivity (Wildman–Crippen MR) is 102 cm³/mol. The number of benzene rings is 2. The molecule has 0 aromatic heterocycles. The smallest absolute Gasteiger partial charge is 0.232 e. The van der Waals surface area contributed by atoms with Crippen LogP contribution in [0.15, 0.2) is 46.9 Å². The average Bonchev–Trinajstić information content (AvgIpc) is 2.63. The second-order valence-electron chi connectivity index (χ2n) is 6.24. The Labute approximate surface area is 156 Å². The van der Waals surface area contributed by atoms with Crippen molar-refractivity contribution >= 4 is 27.5 Å². The Morgan fingerprint density at radius 1 is 1.16 bits per heavy atom. The lowest BCUT2D eigenvalue weighted by Gasteiger charge is -2.24. The third-order valence-corrected chi connectivity index (χ3v) is 5.20. The Kier molecular flexibility index (Phi) is 5.63. The first kappa shape index (κ1) is 17.8. The molecule has 0 spiro atoms. The maximum Gasteiger partial charge on any atom is 0.232 e. The molecule has 2 aromatic carbocycles. The van der Waals surface area contributed by atoms with Crippen LogP contribution in [0.25, 0.3) is 0 Å². The fraction of sp³-hybridized carbons (Fsp3) is 0.350. The molecule has 25 heavy (non-hydrogen) atoms. The largest absolute Gasteiger partial charge is 0.486 e. The summed E-state index contributed by atoms with van der Waals surface area (Å²) in [5.74, 6) is 1.37. The molecule has 1 aliphatic rings. The molecule has 0 saturated carbocycles. The third kappa shape index (κ3) is 3.98. The van der Waals surface area contributed by atoms with E-state index in [0.717, 1.165) is 16.5 Å². The van der Waals surface area contributed by atoms with Gasteiger partial charge < -0.3 is 14.8 Å². The molecule has 0 aliphatic carbocycles. The van der Waals surface area contributed by atoms with Gasteiger partial charge in [0.1, 0.15) is 13.2 Å². The Morgan fingerprint density at radius 2 is 1.80 bits per heavy atom. The van der Waals surface area contributed by atoms with E-state index in [1.165, 1.54) is 0 Å². The Hall–Kier alpha value is -2.01. The summed E-state index contributed by atoms with van der Waals surface area (Å²) in [5.41, 5.74) is 1.72. The summed E-state index contributed by atoms with van der Waals surface area (Å²) in [5, 5.41) is 3.05. The summed E-state index contributed by atoms with van der Waals surface area (Å²) in [7, 11) is 0. The lowest BCUT2D eigenvalue weighted by Crippen LogP contribution is -2.26. The van der Waals surface area contributed by atoms with Crippen LogP contribution in [0.1, 0.15) is 31.7 Å². The molecule has 0 saturated heterocycles. The van der Waals surface area contributed by atoms with Crippen LogP contribution in [-0.4, -0.2) is 19.1 Å². The van der Waals surface area contributed by atoms with Gasteiger partial charge in [-0.2, -0.15) is 0 Å². The molecule has 4 nitrogen and oxygen atoms in total. The van der Waals surface area contributed by atoms with Crippen LogP contribution in [-0.2, 0) is 4.79 Å². The van der Waals surface area contributed by atoms with Crippen molar-refractivity contribution in [1.82, 2.24) is 0 Å². The van der Waals surface area contributed by atoms with Gasteiger partial charge >= 0.3 is 0 Å². The standard InChI is InChI=1S/C20H22BrNO3/c1-3-13(2)19(14-7-5-4-6-8-14)20(23)22-16-12-18-17(11-15(16)21)24-9-10-25-18/h4-8,11-13,19H,3,9-10H2,1-2H3,(H,22,23)/t13-,19+/m1/s1. The molecule has 0 radical (unpaired) electrons. The predicted octanol–water partition coefficient (Wildman–Crippen LogP) is 4.99. The van der Waals surface area contributed by atoms with Crippen molar-refractivity contribution in [3.8, 4) is 11.5 Å². The van der Waals surface area contributed by atoms with Crippen molar-refractivity contribution in [3.05, 3.63) is 52.5 Å². The van der Waals surface area contributed by atoms with Crippen LogP contribution >= 0.6 is 15.9 Å². The molecule has 3 rings (SSSR count). The average molecular weight is 404 g/mol. The maximum absolute atomic E-state index is 13.0. The first-order chi connectivity index (χ1) is 12.1. The molecule has 0 fully saturated rings. The number of halogens is 1. The lowest BCUT2D eigenvalue weighted by molar-refractivity contribution is -0.118. The zero-order valence-corrected chi connectivity index (χ0v) is 16.0. The minimum atomic E-state index is -0.202. The van der Waals surface area contributed by atoms with Gasteiger partial charge in [-0.25, -0.2) is 0 Å². The number of fused-ring (bicyclic) bond motifs is 1. The van der Waals surface area contributed by atoms with E-state index in [2.05, 4.69) is 35.1 Å². The van der Waals surface area contributed by atoms with Crippen LogP contribution in [0.4, 0.5) is 5.69 Å². The van der Waals surface area contributed by atoms with E-state index in [1.807, 2.05) is 42.5 Å². The van der Waals surface area contributed by atoms with E-state index >= 15 is 0 Å². The molecule has 0 bridgehead atoms. The zero-order valence-electron chi connectivity index (χ0n) is 14.4. The molecule has 2 aromatic rings. The maximum atomic E-state index is 13.0. The fourth-order valence-corrected chi connectivity index (χ4v) is 3.43. The zero-order chi connectivity index (χ0) is 17.8. The van der Waals surface area contributed by atoms with Crippen molar-refractivity contribution in [1.29, 1.82) is 0 Å². The number of ether oxygens (including phenoxy) is 2. The molecule has 1 heterocycles. The number of anilines is 1. The van der Waals surface area contributed by atoms with Crippen molar-refractivity contribution in [2.24, 2.45) is 5.92 Å². The van der Waals surface area contributed by atoms with Crippen molar-refractivity contribution < 1.29 is 14.3 Å². The van der Waals surface area contributed by atoms with Gasteiger partial charge in [-0.1, -0.05) is 50.6 Å². The lowest BCUT2D eigenvalue weighted by atomic mass is 9.85. The second kappa shape index (κ2) is 7.91. The molecule has 132 valence electrons. The van der Waals surface area contributed by atoms with Crippen LogP contribution in [0.2, 0.25) is 0 Å². The topological polar surface area (TPSA) is 47.6 Å². The van der Waals surface area contributed by atoms with E-state index in [4.69, 9.17) is 9.47 Å². The summed E-state index contributed by atoms with van der Waals surface area (Å²) >= 11 is 3.51. The Balaban J connectivity index is 1.86. The van der Waals surface area contributed by atoms with Crippen molar-refractivity contribution in [2.45, 2.75) is 26.2 Å². The highest BCUT2D eigenvalue weighted by Gasteiger charge is 2.27. The van der Waals surface area contributed by atoms with Gasteiger partial charge in [-0.05, 0) is 27.4 Å². The number of hydrogen-bond donors (Lipinski definition) is 1. The summed E-state index contributed by atoms with van der Waals surface area (Å²) in [6.07, 6.45) is 0.926.